The Kier molecular flexibility index (Phi) is 1.71. The van der Waals surface area contributed by atoms with Crippen molar-refractivity contribution in [1.29, 1.82) is 5.26 Å². The minimum absolute atomic E-state index is 0.125. The fourth-order valence-corrected chi connectivity index (χ4v) is 2.08. The Balaban J connectivity index is 2.50. The molecular formula is C12H14N2. The lowest BCUT2D eigenvalue weighted by molar-refractivity contribution is 0.509. The van der Waals surface area contributed by atoms with Crippen LogP contribution in [-0.4, -0.2) is 0 Å². The van der Waals surface area contributed by atoms with Crippen LogP contribution >= 0.6 is 0 Å². The summed E-state index contributed by atoms with van der Waals surface area (Å²) in [6.07, 6.45) is 0.957. The van der Waals surface area contributed by atoms with E-state index in [4.69, 9.17) is 11.0 Å². The first-order valence-electron chi connectivity index (χ1n) is 4.80. The summed E-state index contributed by atoms with van der Waals surface area (Å²) in [7, 11) is 0. The quantitative estimate of drug-likeness (QED) is 0.730. The molecule has 2 nitrogen and oxygen atoms in total. The molecule has 0 aliphatic heterocycles. The predicted octanol–water partition coefficient (Wildman–Crippen LogP) is 2.14. The van der Waals surface area contributed by atoms with Gasteiger partial charge in [0.1, 0.15) is 0 Å². The first-order chi connectivity index (χ1) is 6.51. The average molecular weight is 186 g/mol. The molecule has 1 unspecified atom stereocenters. The largest absolute Gasteiger partial charge is 0.321 e. The van der Waals surface area contributed by atoms with E-state index in [-0.39, 0.29) is 11.0 Å². The van der Waals surface area contributed by atoms with Crippen molar-refractivity contribution in [2.75, 3.05) is 0 Å². The van der Waals surface area contributed by atoms with Crippen LogP contribution in [0.15, 0.2) is 24.3 Å². The second-order valence-corrected chi connectivity index (χ2v) is 4.69. The van der Waals surface area contributed by atoms with E-state index < -0.39 is 0 Å². The van der Waals surface area contributed by atoms with E-state index in [2.05, 4.69) is 19.9 Å². The predicted molar refractivity (Wildman–Crippen MR) is 55.4 cm³/mol. The first kappa shape index (κ1) is 9.23. The summed E-state index contributed by atoms with van der Waals surface area (Å²) in [5.74, 6) is 0. The summed E-state index contributed by atoms with van der Waals surface area (Å²) in [4.78, 5) is 0. The fourth-order valence-electron chi connectivity index (χ4n) is 2.08. The van der Waals surface area contributed by atoms with Crippen LogP contribution in [0.3, 0.4) is 0 Å². The van der Waals surface area contributed by atoms with Gasteiger partial charge in [-0.05, 0) is 23.5 Å². The maximum atomic E-state index is 8.97. The zero-order chi connectivity index (χ0) is 10.4. The van der Waals surface area contributed by atoms with Crippen LogP contribution in [0, 0.1) is 16.7 Å². The van der Waals surface area contributed by atoms with E-state index >= 15 is 0 Å². The highest BCUT2D eigenvalue weighted by Gasteiger charge is 2.60. The van der Waals surface area contributed by atoms with Gasteiger partial charge in [-0.2, -0.15) is 5.26 Å². The second kappa shape index (κ2) is 2.59. The van der Waals surface area contributed by atoms with Gasteiger partial charge < -0.3 is 5.73 Å². The van der Waals surface area contributed by atoms with Crippen LogP contribution < -0.4 is 5.73 Å². The molecule has 1 saturated carbocycles. The van der Waals surface area contributed by atoms with Crippen molar-refractivity contribution in [2.45, 2.75) is 25.8 Å². The topological polar surface area (TPSA) is 49.8 Å². The first-order valence-corrected chi connectivity index (χ1v) is 4.80. The minimum atomic E-state index is -0.292. The van der Waals surface area contributed by atoms with E-state index in [0.29, 0.717) is 5.56 Å². The van der Waals surface area contributed by atoms with Crippen molar-refractivity contribution in [2.24, 2.45) is 11.1 Å². The van der Waals surface area contributed by atoms with Crippen LogP contribution in [0.1, 0.15) is 31.4 Å². The normalized spacial score (nSPS) is 28.1. The fraction of sp³-hybridized carbons (Fsp3) is 0.417. The maximum Gasteiger partial charge on any atom is 0.0995 e. The second-order valence-electron chi connectivity index (χ2n) is 4.69. The van der Waals surface area contributed by atoms with Gasteiger partial charge in [-0.1, -0.05) is 32.0 Å². The van der Waals surface area contributed by atoms with E-state index in [1.165, 1.54) is 0 Å². The summed E-state index contributed by atoms with van der Waals surface area (Å²) < 4.78 is 0. The van der Waals surface area contributed by atoms with Gasteiger partial charge in [-0.15, -0.1) is 0 Å². The van der Waals surface area contributed by atoms with Crippen molar-refractivity contribution >= 4 is 0 Å². The molecule has 2 N–H and O–H groups in total. The Bertz CT molecular complexity index is 415. The molecule has 14 heavy (non-hydrogen) atoms. The number of rotatable bonds is 1. The molecule has 0 amide bonds. The van der Waals surface area contributed by atoms with Crippen molar-refractivity contribution in [1.82, 2.24) is 0 Å². The summed E-state index contributed by atoms with van der Waals surface area (Å²) in [6, 6.07) is 9.82. The molecule has 1 atom stereocenters. The number of hydrogen-bond donors (Lipinski definition) is 1. The monoisotopic (exact) mass is 186 g/mol. The molecule has 1 aliphatic rings. The molecule has 2 rings (SSSR count). The van der Waals surface area contributed by atoms with Crippen LogP contribution in [0.2, 0.25) is 0 Å². The summed E-state index contributed by atoms with van der Waals surface area (Å²) in [6.45, 7) is 4.28. The highest BCUT2D eigenvalue weighted by Crippen LogP contribution is 2.60. The maximum absolute atomic E-state index is 8.97. The lowest BCUT2D eigenvalue weighted by Crippen LogP contribution is -2.26. The molecule has 1 aromatic carbocycles. The molecule has 0 aromatic heterocycles. The van der Waals surface area contributed by atoms with Crippen molar-refractivity contribution < 1.29 is 0 Å². The highest BCUT2D eigenvalue weighted by atomic mass is 14.9. The smallest absolute Gasteiger partial charge is 0.0995 e. The zero-order valence-corrected chi connectivity index (χ0v) is 8.54. The van der Waals surface area contributed by atoms with Crippen molar-refractivity contribution in [3.8, 4) is 6.07 Å². The van der Waals surface area contributed by atoms with Crippen LogP contribution in [0.25, 0.3) is 0 Å². The lowest BCUT2D eigenvalue weighted by Gasteiger charge is -2.16. The van der Waals surface area contributed by atoms with Gasteiger partial charge in [0, 0.05) is 5.54 Å². The number of hydrogen-bond acceptors (Lipinski definition) is 2. The molecule has 1 fully saturated rings. The standard InChI is InChI=1S/C12H14N2/c1-11(2)8-12(11,14)10-6-4-3-5-9(10)7-13/h3-6H,8,14H2,1-2H3. The molecule has 0 heterocycles. The SMILES string of the molecule is CC1(C)CC1(N)c1ccccc1C#N. The van der Waals surface area contributed by atoms with Gasteiger partial charge in [0.05, 0.1) is 11.6 Å². The van der Waals surface area contributed by atoms with Gasteiger partial charge in [-0.3, -0.25) is 0 Å². The molecule has 1 aromatic rings. The Morgan fingerprint density at radius 2 is 1.93 bits per heavy atom. The number of nitriles is 1. The molecule has 0 saturated heterocycles. The number of nitrogens with zero attached hydrogens (tertiary/aromatic N) is 1. The molecule has 1 aliphatic carbocycles. The van der Waals surface area contributed by atoms with Crippen molar-refractivity contribution in [3.63, 3.8) is 0 Å². The third-order valence-electron chi connectivity index (χ3n) is 3.33. The van der Waals surface area contributed by atoms with Crippen LogP contribution in [0.5, 0.6) is 0 Å². The Morgan fingerprint density at radius 3 is 2.43 bits per heavy atom. The average Bonchev–Trinajstić information content (AvgIpc) is 2.67. The molecule has 2 heteroatoms. The number of nitrogens with two attached hydrogens (primary N) is 1. The minimum Gasteiger partial charge on any atom is -0.321 e. The van der Waals surface area contributed by atoms with Gasteiger partial charge in [0.25, 0.3) is 0 Å². The van der Waals surface area contributed by atoms with Crippen LogP contribution in [-0.2, 0) is 5.54 Å². The highest BCUT2D eigenvalue weighted by molar-refractivity contribution is 5.46. The van der Waals surface area contributed by atoms with Gasteiger partial charge in [0.2, 0.25) is 0 Å². The Labute approximate surface area is 84.3 Å². The Hall–Kier alpha value is -1.33. The molecule has 0 spiro atoms. The van der Waals surface area contributed by atoms with Gasteiger partial charge in [-0.25, -0.2) is 0 Å². The number of benzene rings is 1. The Morgan fingerprint density at radius 1 is 1.36 bits per heavy atom. The van der Waals surface area contributed by atoms with E-state index in [0.717, 1.165) is 12.0 Å². The molecule has 0 bridgehead atoms. The van der Waals surface area contributed by atoms with Gasteiger partial charge >= 0.3 is 0 Å². The van der Waals surface area contributed by atoms with E-state index in [1.54, 1.807) is 0 Å². The molecule has 72 valence electrons. The third-order valence-corrected chi connectivity index (χ3v) is 3.33. The van der Waals surface area contributed by atoms with Gasteiger partial charge in [0.15, 0.2) is 0 Å². The van der Waals surface area contributed by atoms with E-state index in [1.807, 2.05) is 24.3 Å². The summed E-state index contributed by atoms with van der Waals surface area (Å²) >= 11 is 0. The van der Waals surface area contributed by atoms with Crippen molar-refractivity contribution in [3.05, 3.63) is 35.4 Å². The molecule has 0 radical (unpaired) electrons. The third kappa shape index (κ3) is 1.06. The molecular weight excluding hydrogens is 172 g/mol. The lowest BCUT2D eigenvalue weighted by atomic mass is 9.93. The summed E-state index contributed by atoms with van der Waals surface area (Å²) in [5, 5.41) is 8.97. The zero-order valence-electron chi connectivity index (χ0n) is 8.54. The van der Waals surface area contributed by atoms with E-state index in [9.17, 15) is 0 Å². The summed E-state index contributed by atoms with van der Waals surface area (Å²) in [5.41, 5.74) is 7.81. The van der Waals surface area contributed by atoms with Crippen LogP contribution in [0.4, 0.5) is 0 Å².